The number of aromatic nitrogens is 2. The summed E-state index contributed by atoms with van der Waals surface area (Å²) < 4.78 is 0. The Labute approximate surface area is 94.1 Å². The molecule has 0 aliphatic heterocycles. The van der Waals surface area contributed by atoms with Gasteiger partial charge in [0.05, 0.1) is 0 Å². The molecule has 4 heteroatoms. The van der Waals surface area contributed by atoms with Crippen LogP contribution in [0.25, 0.3) is 10.9 Å². The van der Waals surface area contributed by atoms with Gasteiger partial charge in [-0.05, 0) is 10.9 Å². The van der Waals surface area contributed by atoms with Gasteiger partial charge in [0.15, 0.2) is 0 Å². The maximum Gasteiger partial charge on any atom is 0.143 e. The van der Waals surface area contributed by atoms with Crippen LogP contribution in [-0.2, 0) is 32.7 Å². The number of rotatable bonds is 0. The summed E-state index contributed by atoms with van der Waals surface area (Å²) in [6.07, 6.45) is 2.42. The fourth-order valence-corrected chi connectivity index (χ4v) is 0.969. The minimum atomic E-state index is -0.143. The molecule has 0 amide bonds. The Morgan fingerprint density at radius 3 is 2.83 bits per heavy atom. The minimum Gasteiger partial charge on any atom is -0.420 e. The van der Waals surface area contributed by atoms with Crippen molar-refractivity contribution in [2.24, 2.45) is 0 Å². The summed E-state index contributed by atoms with van der Waals surface area (Å²) >= 11 is 0. The number of benzene rings is 1. The number of hydrogen-bond donors (Lipinski definition) is 1. The summed E-state index contributed by atoms with van der Waals surface area (Å²) in [5.74, 6) is 0. The quantitative estimate of drug-likeness (QED) is 0.682. The first-order valence-electron chi connectivity index (χ1n) is 3.23. The fourth-order valence-electron chi connectivity index (χ4n) is 0.969. The molecule has 0 unspecified atom stereocenters. The molecule has 0 saturated heterocycles. The smallest absolute Gasteiger partial charge is 0.143 e. The number of H-pyrrole nitrogens is 1. The van der Waals surface area contributed by atoms with Crippen LogP contribution >= 0.6 is 0 Å². The van der Waals surface area contributed by atoms with Crippen molar-refractivity contribution in [2.75, 3.05) is 0 Å². The minimum absolute atomic E-state index is 0. The number of nitrogens with zero attached hydrogens (tertiary/aromatic N) is 1. The predicted molar refractivity (Wildman–Crippen MR) is 41.2 cm³/mol. The molecule has 3 nitrogen and oxygen atoms in total. The zero-order valence-corrected chi connectivity index (χ0v) is 9.08. The topological polar surface area (TPSA) is 45.8 Å². The maximum absolute atomic E-state index is 11.1. The molecule has 1 heterocycles. The molecular formula is C8H5N2OY-. The fraction of sp³-hybridized carbons (Fsp3) is 0. The number of nitrogens with one attached hydrogen (secondary N) is 1. The molecule has 0 aliphatic rings. The zero-order valence-electron chi connectivity index (χ0n) is 6.24. The molecule has 1 radical (unpaired) electrons. The van der Waals surface area contributed by atoms with Crippen LogP contribution in [0.5, 0.6) is 0 Å². The summed E-state index contributed by atoms with van der Waals surface area (Å²) in [5.41, 5.74) is 0.534. The molecule has 0 bridgehead atoms. The number of hydrogen-bond acceptors (Lipinski definition) is 2. The van der Waals surface area contributed by atoms with Crippen molar-refractivity contribution < 1.29 is 32.7 Å². The predicted octanol–water partition coefficient (Wildman–Crippen LogP) is 0.721. The summed E-state index contributed by atoms with van der Waals surface area (Å²) in [4.78, 5) is 17.3. The Bertz CT molecular complexity index is 433. The molecule has 2 aromatic rings. The molecule has 2 rings (SSSR count). The molecule has 1 aromatic heterocycles. The van der Waals surface area contributed by atoms with E-state index in [0.717, 1.165) is 0 Å². The van der Waals surface area contributed by atoms with Crippen LogP contribution in [0.1, 0.15) is 0 Å². The molecule has 0 atom stereocenters. The van der Waals surface area contributed by atoms with Crippen LogP contribution in [0, 0.1) is 6.33 Å². The van der Waals surface area contributed by atoms with Crippen LogP contribution < -0.4 is 5.56 Å². The van der Waals surface area contributed by atoms with E-state index < -0.39 is 0 Å². The van der Waals surface area contributed by atoms with E-state index >= 15 is 0 Å². The third kappa shape index (κ3) is 1.62. The molecule has 0 saturated carbocycles. The van der Waals surface area contributed by atoms with Crippen LogP contribution in [-0.4, -0.2) is 9.97 Å². The van der Waals surface area contributed by atoms with Crippen LogP contribution in [0.2, 0.25) is 0 Å². The molecule has 57 valence electrons. The van der Waals surface area contributed by atoms with E-state index in [1.54, 1.807) is 18.2 Å². The van der Waals surface area contributed by atoms with Crippen molar-refractivity contribution in [3.63, 3.8) is 0 Å². The normalized spacial score (nSPS) is 9.33. The zero-order chi connectivity index (χ0) is 7.68. The summed E-state index contributed by atoms with van der Waals surface area (Å²) in [7, 11) is 0. The first-order valence-corrected chi connectivity index (χ1v) is 3.23. The van der Waals surface area contributed by atoms with Gasteiger partial charge in [0.1, 0.15) is 5.56 Å². The largest absolute Gasteiger partial charge is 0.420 e. The first-order chi connectivity index (χ1) is 5.38. The van der Waals surface area contributed by atoms with Crippen molar-refractivity contribution in [1.29, 1.82) is 0 Å². The van der Waals surface area contributed by atoms with Gasteiger partial charge in [-0.15, -0.1) is 0 Å². The monoisotopic (exact) mass is 234 g/mol. The van der Waals surface area contributed by atoms with E-state index in [4.69, 9.17) is 0 Å². The Morgan fingerprint density at radius 2 is 2.08 bits per heavy atom. The second kappa shape index (κ2) is 3.92. The first kappa shape index (κ1) is 9.55. The average Bonchev–Trinajstić information content (AvgIpc) is 2.06. The average molecular weight is 234 g/mol. The van der Waals surface area contributed by atoms with E-state index in [2.05, 4.69) is 16.3 Å². The van der Waals surface area contributed by atoms with Crippen molar-refractivity contribution in [3.05, 3.63) is 40.9 Å². The Kier molecular flexibility index (Phi) is 3.12. The van der Waals surface area contributed by atoms with Gasteiger partial charge in [-0.2, -0.15) is 0 Å². The standard InChI is InChI=1S/C8H5N2O.Y/c11-8-6-3-1-2-4-7(6)9-5-10-8;/h1-4H,(H,9,10,11);/q-1;. The van der Waals surface area contributed by atoms with Crippen molar-refractivity contribution >= 4 is 10.9 Å². The third-order valence-corrected chi connectivity index (χ3v) is 1.49. The molecular weight excluding hydrogens is 229 g/mol. The van der Waals surface area contributed by atoms with Gasteiger partial charge in [0.2, 0.25) is 0 Å². The Hall–Kier alpha value is -0.536. The molecule has 0 aliphatic carbocycles. The number of aromatic amines is 1. The van der Waals surface area contributed by atoms with E-state index in [1.807, 2.05) is 6.07 Å². The number of fused-ring (bicyclic) bond motifs is 1. The van der Waals surface area contributed by atoms with Gasteiger partial charge in [-0.25, -0.2) is 0 Å². The van der Waals surface area contributed by atoms with Gasteiger partial charge >= 0.3 is 0 Å². The molecule has 0 spiro atoms. The maximum atomic E-state index is 11.1. The van der Waals surface area contributed by atoms with Crippen molar-refractivity contribution in [1.82, 2.24) is 9.97 Å². The summed E-state index contributed by atoms with van der Waals surface area (Å²) in [5, 5.41) is 0.603. The van der Waals surface area contributed by atoms with Gasteiger partial charge in [0.25, 0.3) is 0 Å². The van der Waals surface area contributed by atoms with Gasteiger partial charge in [0, 0.05) is 39.0 Å². The van der Waals surface area contributed by atoms with E-state index in [1.165, 1.54) is 0 Å². The van der Waals surface area contributed by atoms with Crippen LogP contribution in [0.4, 0.5) is 0 Å². The summed E-state index contributed by atoms with van der Waals surface area (Å²) in [6.45, 7) is 0. The van der Waals surface area contributed by atoms with Gasteiger partial charge in [-0.1, -0.05) is 24.3 Å². The molecule has 12 heavy (non-hydrogen) atoms. The third-order valence-electron chi connectivity index (χ3n) is 1.49. The SMILES string of the molecule is O=c1[nH][c-]nc2ccccc12.[Y]. The molecule has 1 N–H and O–H groups in total. The Balaban J connectivity index is 0.000000720. The van der Waals surface area contributed by atoms with Crippen molar-refractivity contribution in [2.45, 2.75) is 0 Å². The number of para-hydroxylation sites is 1. The van der Waals surface area contributed by atoms with Crippen LogP contribution in [0.3, 0.4) is 0 Å². The van der Waals surface area contributed by atoms with E-state index in [9.17, 15) is 4.79 Å². The summed E-state index contributed by atoms with van der Waals surface area (Å²) in [6, 6.07) is 7.15. The Morgan fingerprint density at radius 1 is 1.33 bits per heavy atom. The second-order valence-electron chi connectivity index (χ2n) is 2.19. The van der Waals surface area contributed by atoms with Gasteiger partial charge < -0.3 is 14.8 Å². The van der Waals surface area contributed by atoms with Crippen molar-refractivity contribution in [3.8, 4) is 0 Å². The van der Waals surface area contributed by atoms with Crippen LogP contribution in [0.15, 0.2) is 29.1 Å². The second-order valence-corrected chi connectivity index (χ2v) is 2.19. The van der Waals surface area contributed by atoms with E-state index in [-0.39, 0.29) is 38.3 Å². The van der Waals surface area contributed by atoms with Gasteiger partial charge in [-0.3, -0.25) is 0 Å². The van der Waals surface area contributed by atoms with E-state index in [0.29, 0.717) is 10.9 Å². The molecule has 1 aromatic carbocycles. The molecule has 0 fully saturated rings.